The largest absolute Gasteiger partial charge is 0.504 e. The number of nitrogens with one attached hydrogen (secondary N) is 1. The highest BCUT2D eigenvalue weighted by Crippen LogP contribution is 2.26. The Kier molecular flexibility index (Phi) is 7.02. The van der Waals surface area contributed by atoms with E-state index in [1.165, 1.54) is 48.7 Å². The van der Waals surface area contributed by atoms with Gasteiger partial charge in [0.15, 0.2) is 29.1 Å². The van der Waals surface area contributed by atoms with Gasteiger partial charge in [-0.3, -0.25) is 4.79 Å². The molecule has 32 heavy (non-hydrogen) atoms. The average molecular weight is 439 g/mol. The number of phenolic OH excluding ortho intramolecular Hbond substituents is 4. The van der Waals surface area contributed by atoms with Crippen LogP contribution in [0.5, 0.6) is 23.0 Å². The molecular weight excluding hydrogens is 418 g/mol. The lowest BCUT2D eigenvalue weighted by molar-refractivity contribution is -0.151. The Labute approximate surface area is 182 Å². The van der Waals surface area contributed by atoms with Crippen LogP contribution in [0.25, 0.3) is 6.08 Å². The maximum atomic E-state index is 12.7. The summed E-state index contributed by atoms with van der Waals surface area (Å²) in [6.07, 6.45) is 2.60. The summed E-state index contributed by atoms with van der Waals surface area (Å²) < 4.78 is 10.5. The minimum absolute atomic E-state index is 0.0581. The van der Waals surface area contributed by atoms with E-state index in [0.717, 1.165) is 6.08 Å². The van der Waals surface area contributed by atoms with Crippen LogP contribution in [0, 0.1) is 0 Å². The number of aromatic hydroxyl groups is 4. The van der Waals surface area contributed by atoms with Crippen LogP contribution in [0.3, 0.4) is 0 Å². The summed E-state index contributed by atoms with van der Waals surface area (Å²) >= 11 is 0. The van der Waals surface area contributed by atoms with Crippen LogP contribution in [0.15, 0.2) is 65.3 Å². The zero-order valence-electron chi connectivity index (χ0n) is 16.8. The third-order valence-corrected chi connectivity index (χ3v) is 4.44. The Hall–Kier alpha value is -4.40. The van der Waals surface area contributed by atoms with E-state index in [1.807, 2.05) is 0 Å². The zero-order valence-corrected chi connectivity index (χ0v) is 16.8. The molecule has 1 atom stereocenters. The number of rotatable bonds is 8. The van der Waals surface area contributed by atoms with Crippen LogP contribution in [-0.2, 0) is 27.3 Å². The number of phenols is 4. The lowest BCUT2D eigenvalue weighted by Gasteiger charge is -2.17. The molecule has 5 N–H and O–H groups in total. The number of furan rings is 1. The van der Waals surface area contributed by atoms with Gasteiger partial charge < -0.3 is 34.9 Å². The average Bonchev–Trinajstić information content (AvgIpc) is 3.28. The zero-order chi connectivity index (χ0) is 23.1. The van der Waals surface area contributed by atoms with Crippen molar-refractivity contribution in [3.05, 3.63) is 77.8 Å². The van der Waals surface area contributed by atoms with E-state index in [0.29, 0.717) is 16.9 Å². The Balaban J connectivity index is 1.71. The predicted molar refractivity (Wildman–Crippen MR) is 113 cm³/mol. The Morgan fingerprint density at radius 2 is 1.69 bits per heavy atom. The summed E-state index contributed by atoms with van der Waals surface area (Å²) in [5.74, 6) is -2.22. The first kappa shape index (κ1) is 22.3. The second kappa shape index (κ2) is 10.1. The fraction of sp³-hybridized carbons (Fsp3) is 0.130. The quantitative estimate of drug-likeness (QED) is 0.204. The van der Waals surface area contributed by atoms with Crippen molar-refractivity contribution >= 4 is 18.0 Å². The molecule has 0 saturated carbocycles. The van der Waals surface area contributed by atoms with Crippen molar-refractivity contribution in [2.75, 3.05) is 0 Å². The monoisotopic (exact) mass is 439 g/mol. The summed E-state index contributed by atoms with van der Waals surface area (Å²) in [6, 6.07) is 11.4. The first-order valence-electron chi connectivity index (χ1n) is 9.53. The molecule has 2 aromatic carbocycles. The molecule has 1 heterocycles. The summed E-state index contributed by atoms with van der Waals surface area (Å²) in [4.78, 5) is 25.0. The standard InChI is InChI=1S/C23H21NO8/c25-17-6-3-14(10-19(17)27)5-8-22(29)32-21(12-15-4-7-18(26)20(28)11-15)23(30)24-13-16-2-1-9-31-16/h1-11,21,25-28H,12-13H2,(H,24,30)/b8-5+/t21-/m1/s1. The van der Waals surface area contributed by atoms with Gasteiger partial charge in [0.2, 0.25) is 0 Å². The lowest BCUT2D eigenvalue weighted by atomic mass is 10.1. The number of hydrogen-bond acceptors (Lipinski definition) is 8. The fourth-order valence-electron chi connectivity index (χ4n) is 2.79. The maximum absolute atomic E-state index is 12.7. The molecule has 0 fully saturated rings. The molecule has 3 rings (SSSR count). The van der Waals surface area contributed by atoms with E-state index in [4.69, 9.17) is 9.15 Å². The van der Waals surface area contributed by atoms with E-state index in [1.54, 1.807) is 12.1 Å². The molecule has 9 heteroatoms. The van der Waals surface area contributed by atoms with Crippen molar-refractivity contribution in [1.82, 2.24) is 5.32 Å². The van der Waals surface area contributed by atoms with E-state index in [9.17, 15) is 30.0 Å². The number of esters is 1. The molecule has 0 aliphatic carbocycles. The van der Waals surface area contributed by atoms with E-state index < -0.39 is 18.0 Å². The van der Waals surface area contributed by atoms with Crippen LogP contribution < -0.4 is 5.32 Å². The Morgan fingerprint density at radius 3 is 2.34 bits per heavy atom. The second-order valence-electron chi connectivity index (χ2n) is 6.83. The van der Waals surface area contributed by atoms with Crippen molar-refractivity contribution in [3.63, 3.8) is 0 Å². The fourth-order valence-corrected chi connectivity index (χ4v) is 2.79. The van der Waals surface area contributed by atoms with Crippen LogP contribution in [0.1, 0.15) is 16.9 Å². The van der Waals surface area contributed by atoms with Crippen molar-refractivity contribution < 1.29 is 39.2 Å². The number of carbonyl (C=O) groups is 2. The van der Waals surface area contributed by atoms with Gasteiger partial charge in [0.25, 0.3) is 5.91 Å². The summed E-state index contributed by atoms with van der Waals surface area (Å²) in [6.45, 7) is 0.0866. The van der Waals surface area contributed by atoms with Crippen LogP contribution >= 0.6 is 0 Å². The number of hydrogen-bond donors (Lipinski definition) is 5. The number of ether oxygens (including phenoxy) is 1. The molecule has 3 aromatic rings. The Bertz CT molecular complexity index is 1120. The first-order chi connectivity index (χ1) is 15.3. The molecule has 0 aliphatic rings. The van der Waals surface area contributed by atoms with E-state index in [-0.39, 0.29) is 36.0 Å². The summed E-state index contributed by atoms with van der Waals surface area (Å²) in [7, 11) is 0. The van der Waals surface area contributed by atoms with Gasteiger partial charge in [-0.15, -0.1) is 0 Å². The van der Waals surface area contributed by atoms with Crippen molar-refractivity contribution in [2.24, 2.45) is 0 Å². The molecule has 0 saturated heterocycles. The molecular formula is C23H21NO8. The van der Waals surface area contributed by atoms with Crippen LogP contribution in [-0.4, -0.2) is 38.4 Å². The summed E-state index contributed by atoms with van der Waals surface area (Å²) in [5, 5.41) is 40.7. The maximum Gasteiger partial charge on any atom is 0.331 e. The predicted octanol–water partition coefficient (Wildman–Crippen LogP) is 2.59. The molecule has 0 aliphatic heterocycles. The third-order valence-electron chi connectivity index (χ3n) is 4.44. The van der Waals surface area contributed by atoms with Gasteiger partial charge in [0.1, 0.15) is 5.76 Å². The number of amides is 1. The van der Waals surface area contributed by atoms with E-state index in [2.05, 4.69) is 5.32 Å². The van der Waals surface area contributed by atoms with E-state index >= 15 is 0 Å². The highest BCUT2D eigenvalue weighted by molar-refractivity contribution is 5.90. The topological polar surface area (TPSA) is 149 Å². The molecule has 1 aromatic heterocycles. The van der Waals surface area contributed by atoms with Crippen LogP contribution in [0.4, 0.5) is 0 Å². The van der Waals surface area contributed by atoms with Gasteiger partial charge >= 0.3 is 5.97 Å². The summed E-state index contributed by atoms with van der Waals surface area (Å²) in [5.41, 5.74) is 0.887. The van der Waals surface area contributed by atoms with Crippen molar-refractivity contribution in [2.45, 2.75) is 19.1 Å². The Morgan fingerprint density at radius 1 is 0.969 bits per heavy atom. The number of benzene rings is 2. The van der Waals surface area contributed by atoms with Gasteiger partial charge in [0, 0.05) is 12.5 Å². The lowest BCUT2D eigenvalue weighted by Crippen LogP contribution is -2.38. The van der Waals surface area contributed by atoms with Crippen molar-refractivity contribution in [3.8, 4) is 23.0 Å². The molecule has 1 amide bonds. The smallest absolute Gasteiger partial charge is 0.331 e. The highest BCUT2D eigenvalue weighted by Gasteiger charge is 2.23. The molecule has 0 bridgehead atoms. The second-order valence-corrected chi connectivity index (χ2v) is 6.83. The minimum Gasteiger partial charge on any atom is -0.504 e. The van der Waals surface area contributed by atoms with Gasteiger partial charge in [-0.1, -0.05) is 12.1 Å². The third kappa shape index (κ3) is 6.05. The normalized spacial score (nSPS) is 11.9. The highest BCUT2D eigenvalue weighted by atomic mass is 16.5. The molecule has 0 spiro atoms. The molecule has 9 nitrogen and oxygen atoms in total. The van der Waals surface area contributed by atoms with Crippen molar-refractivity contribution in [1.29, 1.82) is 0 Å². The molecule has 166 valence electrons. The van der Waals surface area contributed by atoms with Gasteiger partial charge in [0.05, 0.1) is 12.8 Å². The minimum atomic E-state index is -1.24. The van der Waals surface area contributed by atoms with Gasteiger partial charge in [-0.25, -0.2) is 4.79 Å². The SMILES string of the molecule is O=C(/C=C/c1ccc(O)c(O)c1)O[C@H](Cc1ccc(O)c(O)c1)C(=O)NCc1ccco1. The van der Waals surface area contributed by atoms with Crippen LogP contribution in [0.2, 0.25) is 0 Å². The first-order valence-corrected chi connectivity index (χ1v) is 9.53. The molecule has 0 radical (unpaired) electrons. The number of carbonyl (C=O) groups excluding carboxylic acids is 2. The van der Waals surface area contributed by atoms with Gasteiger partial charge in [-0.05, 0) is 53.6 Å². The van der Waals surface area contributed by atoms with Gasteiger partial charge in [-0.2, -0.15) is 0 Å². The molecule has 0 unspecified atom stereocenters.